The van der Waals surface area contributed by atoms with Crippen molar-refractivity contribution in [3.8, 4) is 17.2 Å². The molecule has 1 aromatic heterocycles. The number of anilines is 1. The lowest BCUT2D eigenvalue weighted by atomic mass is 10.2. The minimum atomic E-state index is -4.88. The molecule has 0 spiro atoms. The molecule has 164 valence electrons. The fourth-order valence-electron chi connectivity index (χ4n) is 2.89. The minimum absolute atomic E-state index is 0.0347. The zero-order valence-electron chi connectivity index (χ0n) is 16.7. The summed E-state index contributed by atoms with van der Waals surface area (Å²) in [5.74, 6) is -0.821. The van der Waals surface area contributed by atoms with Gasteiger partial charge in [-0.3, -0.25) is 4.79 Å². The van der Waals surface area contributed by atoms with E-state index >= 15 is 0 Å². The molecule has 0 aliphatic rings. The van der Waals surface area contributed by atoms with Gasteiger partial charge in [0.25, 0.3) is 5.91 Å². The molecular weight excluding hydrogens is 418 g/mol. The Morgan fingerprint density at radius 2 is 1.68 bits per heavy atom. The van der Waals surface area contributed by atoms with Crippen LogP contribution in [0.5, 0.6) is 11.5 Å². The summed E-state index contributed by atoms with van der Waals surface area (Å²) < 4.78 is 65.9. The van der Waals surface area contributed by atoms with Gasteiger partial charge in [-0.05, 0) is 50.2 Å². The molecule has 31 heavy (non-hydrogen) atoms. The predicted molar refractivity (Wildman–Crippen MR) is 105 cm³/mol. The number of alkyl halides is 3. The molecule has 0 aliphatic heterocycles. The predicted octanol–water partition coefficient (Wildman–Crippen LogP) is 5.08. The number of amides is 1. The van der Waals surface area contributed by atoms with Crippen molar-refractivity contribution in [2.45, 2.75) is 20.0 Å². The van der Waals surface area contributed by atoms with Crippen LogP contribution in [0.2, 0.25) is 0 Å². The van der Waals surface area contributed by atoms with Crippen LogP contribution in [-0.4, -0.2) is 28.9 Å². The maximum atomic E-state index is 13.8. The smallest absolute Gasteiger partial charge is 0.434 e. The summed E-state index contributed by atoms with van der Waals surface area (Å²) in [5, 5.41) is 6.12. The Kier molecular flexibility index (Phi) is 6.47. The van der Waals surface area contributed by atoms with Crippen LogP contribution in [0.15, 0.2) is 48.7 Å². The Labute approximate surface area is 175 Å². The highest BCUT2D eigenvalue weighted by atomic mass is 19.4. The lowest BCUT2D eigenvalue weighted by Gasteiger charge is -2.14. The summed E-state index contributed by atoms with van der Waals surface area (Å²) in [6.45, 7) is 4.28. The second-order valence-corrected chi connectivity index (χ2v) is 6.27. The van der Waals surface area contributed by atoms with Crippen LogP contribution >= 0.6 is 0 Å². The first kappa shape index (κ1) is 22.1. The Hall–Kier alpha value is -3.56. The molecule has 10 heteroatoms. The minimum Gasteiger partial charge on any atom is -0.490 e. The van der Waals surface area contributed by atoms with E-state index in [1.165, 1.54) is 12.1 Å². The van der Waals surface area contributed by atoms with E-state index in [0.29, 0.717) is 29.4 Å². The summed E-state index contributed by atoms with van der Waals surface area (Å²) >= 11 is 0. The standard InChI is InChI=1S/C21H19F4N3O3/c1-3-30-17-10-7-14(11-18(17)31-4-2)27-20(29)16-12-26-28(19(16)21(23,24)25)15-8-5-13(22)6-9-15/h5-12H,3-4H2,1-2H3,(H,27,29). The van der Waals surface area contributed by atoms with Crippen LogP contribution in [0.3, 0.4) is 0 Å². The molecule has 0 radical (unpaired) electrons. The van der Waals surface area contributed by atoms with Crippen molar-refractivity contribution >= 4 is 11.6 Å². The largest absolute Gasteiger partial charge is 0.490 e. The molecule has 0 fully saturated rings. The lowest BCUT2D eigenvalue weighted by Crippen LogP contribution is -2.20. The molecule has 0 bridgehead atoms. The van der Waals surface area contributed by atoms with E-state index < -0.39 is 29.2 Å². The van der Waals surface area contributed by atoms with Gasteiger partial charge in [0.15, 0.2) is 17.2 Å². The van der Waals surface area contributed by atoms with Crippen LogP contribution in [0.1, 0.15) is 29.9 Å². The summed E-state index contributed by atoms with van der Waals surface area (Å²) in [4.78, 5) is 12.7. The molecule has 0 saturated carbocycles. The van der Waals surface area contributed by atoms with Crippen LogP contribution in [-0.2, 0) is 6.18 Å². The highest BCUT2D eigenvalue weighted by Gasteiger charge is 2.40. The molecule has 6 nitrogen and oxygen atoms in total. The third-order valence-electron chi connectivity index (χ3n) is 4.15. The van der Waals surface area contributed by atoms with Crippen molar-refractivity contribution in [3.63, 3.8) is 0 Å². The fourth-order valence-corrected chi connectivity index (χ4v) is 2.89. The third-order valence-corrected chi connectivity index (χ3v) is 4.15. The Balaban J connectivity index is 1.95. The quantitative estimate of drug-likeness (QED) is 0.524. The topological polar surface area (TPSA) is 65.4 Å². The molecule has 3 aromatic rings. The van der Waals surface area contributed by atoms with E-state index in [2.05, 4.69) is 10.4 Å². The van der Waals surface area contributed by atoms with Crippen molar-refractivity contribution < 1.29 is 31.8 Å². The van der Waals surface area contributed by atoms with E-state index in [-0.39, 0.29) is 11.4 Å². The van der Waals surface area contributed by atoms with Gasteiger partial charge in [-0.2, -0.15) is 18.3 Å². The SMILES string of the molecule is CCOc1ccc(NC(=O)c2cnn(-c3ccc(F)cc3)c2C(F)(F)F)cc1OCC. The van der Waals surface area contributed by atoms with Gasteiger partial charge in [-0.1, -0.05) is 0 Å². The van der Waals surface area contributed by atoms with Crippen molar-refractivity contribution in [2.24, 2.45) is 0 Å². The Morgan fingerprint density at radius 1 is 1.03 bits per heavy atom. The van der Waals surface area contributed by atoms with Crippen molar-refractivity contribution in [1.29, 1.82) is 0 Å². The number of aromatic nitrogens is 2. The molecule has 3 rings (SSSR count). The number of hydrogen-bond donors (Lipinski definition) is 1. The molecular formula is C21H19F4N3O3. The number of benzene rings is 2. The average Bonchev–Trinajstić information content (AvgIpc) is 3.17. The highest BCUT2D eigenvalue weighted by Crippen LogP contribution is 2.35. The van der Waals surface area contributed by atoms with Gasteiger partial charge in [0, 0.05) is 11.8 Å². The van der Waals surface area contributed by atoms with Crippen LogP contribution in [0.25, 0.3) is 5.69 Å². The van der Waals surface area contributed by atoms with Crippen molar-refractivity contribution in [2.75, 3.05) is 18.5 Å². The number of carbonyl (C=O) groups is 1. The maximum absolute atomic E-state index is 13.8. The number of nitrogens with zero attached hydrogens (tertiary/aromatic N) is 2. The third kappa shape index (κ3) is 4.96. The summed E-state index contributed by atoms with van der Waals surface area (Å²) in [5.41, 5.74) is -1.76. The molecule has 1 N–H and O–H groups in total. The summed E-state index contributed by atoms with van der Waals surface area (Å²) in [7, 11) is 0. The van der Waals surface area contributed by atoms with E-state index in [1.54, 1.807) is 19.9 Å². The van der Waals surface area contributed by atoms with Crippen LogP contribution < -0.4 is 14.8 Å². The summed E-state index contributed by atoms with van der Waals surface area (Å²) in [6.07, 6.45) is -4.06. The van der Waals surface area contributed by atoms with Gasteiger partial charge in [0.1, 0.15) is 5.82 Å². The number of nitrogens with one attached hydrogen (secondary N) is 1. The number of ether oxygens (including phenoxy) is 2. The van der Waals surface area contributed by atoms with E-state index in [0.717, 1.165) is 30.5 Å². The van der Waals surface area contributed by atoms with Crippen LogP contribution in [0.4, 0.5) is 23.2 Å². The molecule has 0 atom stereocenters. The normalized spacial score (nSPS) is 11.3. The maximum Gasteiger partial charge on any atom is 0.434 e. The van der Waals surface area contributed by atoms with Gasteiger partial charge in [0.05, 0.1) is 30.7 Å². The van der Waals surface area contributed by atoms with Gasteiger partial charge >= 0.3 is 6.18 Å². The molecule has 2 aromatic carbocycles. The van der Waals surface area contributed by atoms with E-state index in [4.69, 9.17) is 9.47 Å². The first-order valence-electron chi connectivity index (χ1n) is 9.36. The van der Waals surface area contributed by atoms with Crippen molar-refractivity contribution in [3.05, 3.63) is 65.7 Å². The zero-order valence-corrected chi connectivity index (χ0v) is 16.7. The molecule has 0 saturated heterocycles. The zero-order chi connectivity index (χ0) is 22.6. The Bertz CT molecular complexity index is 1060. The molecule has 0 aliphatic carbocycles. The number of carbonyl (C=O) groups excluding carboxylic acids is 1. The van der Waals surface area contributed by atoms with Gasteiger partial charge in [-0.25, -0.2) is 9.07 Å². The van der Waals surface area contributed by atoms with Gasteiger partial charge in [0.2, 0.25) is 0 Å². The highest BCUT2D eigenvalue weighted by molar-refractivity contribution is 6.05. The monoisotopic (exact) mass is 437 g/mol. The first-order valence-corrected chi connectivity index (χ1v) is 9.36. The molecule has 1 heterocycles. The van der Waals surface area contributed by atoms with Gasteiger partial charge < -0.3 is 14.8 Å². The number of halogens is 4. The fraction of sp³-hybridized carbons (Fsp3) is 0.238. The van der Waals surface area contributed by atoms with E-state index in [9.17, 15) is 22.4 Å². The second kappa shape index (κ2) is 9.07. The molecule has 0 unspecified atom stereocenters. The van der Waals surface area contributed by atoms with Gasteiger partial charge in [-0.15, -0.1) is 0 Å². The number of rotatable bonds is 7. The second-order valence-electron chi connectivity index (χ2n) is 6.27. The summed E-state index contributed by atoms with van der Waals surface area (Å²) in [6, 6.07) is 8.79. The Morgan fingerprint density at radius 3 is 2.29 bits per heavy atom. The molecule has 1 amide bonds. The number of hydrogen-bond acceptors (Lipinski definition) is 4. The van der Waals surface area contributed by atoms with E-state index in [1.807, 2.05) is 0 Å². The first-order chi connectivity index (χ1) is 14.7. The average molecular weight is 437 g/mol. The van der Waals surface area contributed by atoms with Crippen molar-refractivity contribution in [1.82, 2.24) is 9.78 Å². The lowest BCUT2D eigenvalue weighted by molar-refractivity contribution is -0.143. The van der Waals surface area contributed by atoms with Crippen LogP contribution in [0, 0.1) is 5.82 Å².